The van der Waals surface area contributed by atoms with Crippen LogP contribution in [0.2, 0.25) is 0 Å². The SMILES string of the molecule is CC.CC.COC.CS(C)(=O)=O.Cc1ccccc1.c1ccccc1. The van der Waals surface area contributed by atoms with E-state index < -0.39 is 9.84 Å². The minimum absolute atomic E-state index is 1.16. The van der Waals surface area contributed by atoms with E-state index in [-0.39, 0.29) is 0 Å². The first kappa shape index (κ1) is 31.2. The van der Waals surface area contributed by atoms with E-state index >= 15 is 0 Å². The molecule has 0 spiro atoms. The van der Waals surface area contributed by atoms with Crippen molar-refractivity contribution >= 4 is 9.84 Å². The summed E-state index contributed by atoms with van der Waals surface area (Å²) in [5.74, 6) is 0. The average Bonchev–Trinajstić information content (AvgIpc) is 2.61. The van der Waals surface area contributed by atoms with Crippen molar-refractivity contribution in [2.45, 2.75) is 34.6 Å². The lowest BCUT2D eigenvalue weighted by Crippen LogP contribution is -1.86. The van der Waals surface area contributed by atoms with Gasteiger partial charge in [-0.15, -0.1) is 0 Å². The van der Waals surface area contributed by atoms with Gasteiger partial charge in [-0.25, -0.2) is 8.42 Å². The second-order valence-corrected chi connectivity index (χ2v) is 6.65. The molecule has 0 aliphatic heterocycles. The van der Waals surface area contributed by atoms with Gasteiger partial charge in [-0.2, -0.15) is 0 Å². The van der Waals surface area contributed by atoms with E-state index in [1.165, 1.54) is 5.56 Å². The minimum atomic E-state index is -2.67. The number of ether oxygens (including phenoxy) is 1. The summed E-state index contributed by atoms with van der Waals surface area (Å²) in [7, 11) is 0.583. The molecule has 0 saturated carbocycles. The van der Waals surface area contributed by atoms with Crippen molar-refractivity contribution in [1.29, 1.82) is 0 Å². The Morgan fingerprint density at radius 2 is 0.800 bits per heavy atom. The Morgan fingerprint density at radius 3 is 0.920 bits per heavy atom. The lowest BCUT2D eigenvalue weighted by atomic mass is 10.2. The van der Waals surface area contributed by atoms with E-state index in [0.717, 1.165) is 12.5 Å². The monoisotopic (exact) mass is 370 g/mol. The van der Waals surface area contributed by atoms with Gasteiger partial charge in [0, 0.05) is 26.7 Å². The highest BCUT2D eigenvalue weighted by molar-refractivity contribution is 7.89. The van der Waals surface area contributed by atoms with Gasteiger partial charge in [0.25, 0.3) is 0 Å². The normalized spacial score (nSPS) is 7.88. The number of benzene rings is 2. The molecule has 2 aromatic rings. The minimum Gasteiger partial charge on any atom is -0.388 e. The van der Waals surface area contributed by atoms with Crippen molar-refractivity contribution < 1.29 is 13.2 Å². The van der Waals surface area contributed by atoms with E-state index in [9.17, 15) is 8.42 Å². The van der Waals surface area contributed by atoms with E-state index in [4.69, 9.17) is 0 Å². The molecule has 3 nitrogen and oxygen atoms in total. The van der Waals surface area contributed by atoms with Crippen LogP contribution in [0.1, 0.15) is 33.3 Å². The Bertz CT molecular complexity index is 475. The molecule has 146 valence electrons. The predicted octanol–water partition coefficient (Wildman–Crippen LogP) is 5.66. The molecule has 0 aliphatic carbocycles. The third-order valence-corrected chi connectivity index (χ3v) is 1.61. The van der Waals surface area contributed by atoms with Gasteiger partial charge in [-0.1, -0.05) is 100.0 Å². The van der Waals surface area contributed by atoms with E-state index in [1.807, 2.05) is 82.3 Å². The lowest BCUT2D eigenvalue weighted by Gasteiger charge is -1.82. The quantitative estimate of drug-likeness (QED) is 0.601. The molecule has 0 saturated heterocycles. The van der Waals surface area contributed by atoms with Gasteiger partial charge < -0.3 is 4.74 Å². The first-order valence-corrected chi connectivity index (χ1v) is 10.7. The van der Waals surface area contributed by atoms with Crippen LogP contribution >= 0.6 is 0 Å². The van der Waals surface area contributed by atoms with Gasteiger partial charge in [-0.3, -0.25) is 0 Å². The van der Waals surface area contributed by atoms with Crippen molar-refractivity contribution in [3.05, 3.63) is 72.3 Å². The van der Waals surface area contributed by atoms with Gasteiger partial charge >= 0.3 is 0 Å². The van der Waals surface area contributed by atoms with Gasteiger partial charge in [-0.05, 0) is 6.92 Å². The van der Waals surface area contributed by atoms with Gasteiger partial charge in [0.2, 0.25) is 0 Å². The van der Waals surface area contributed by atoms with Gasteiger partial charge in [0.05, 0.1) is 0 Å². The van der Waals surface area contributed by atoms with Crippen molar-refractivity contribution in [3.8, 4) is 0 Å². The standard InChI is InChI=1S/C7H8.C6H6.C2H6O2S.C2H6O.2C2H6/c1-7-5-3-2-4-6-7;1-2-4-6-5-3-1;1-5(2,3)4;1-3-2;2*1-2/h2-6H,1H3;1-6H;1-2H3;1-2H3;2*1-2H3. The van der Waals surface area contributed by atoms with E-state index in [1.54, 1.807) is 14.2 Å². The van der Waals surface area contributed by atoms with Gasteiger partial charge in [0.15, 0.2) is 0 Å². The highest BCUT2D eigenvalue weighted by atomic mass is 32.2. The Morgan fingerprint density at radius 1 is 0.640 bits per heavy atom. The second kappa shape index (κ2) is 27.2. The fraction of sp³-hybridized carbons (Fsp3) is 0.429. The third kappa shape index (κ3) is 60.7. The van der Waals surface area contributed by atoms with Crippen molar-refractivity contribution in [3.63, 3.8) is 0 Å². The van der Waals surface area contributed by atoms with E-state index in [0.29, 0.717) is 0 Å². The van der Waals surface area contributed by atoms with Crippen LogP contribution in [0.4, 0.5) is 0 Å². The fourth-order valence-electron chi connectivity index (χ4n) is 0.919. The second-order valence-electron chi connectivity index (χ2n) is 4.36. The number of methoxy groups -OCH3 is 1. The third-order valence-electron chi connectivity index (χ3n) is 1.61. The molecule has 2 aromatic carbocycles. The molecular formula is C21H38O3S. The number of aryl methyl sites for hydroxylation is 1. The molecule has 4 heteroatoms. The largest absolute Gasteiger partial charge is 0.388 e. The molecule has 25 heavy (non-hydrogen) atoms. The van der Waals surface area contributed by atoms with Crippen molar-refractivity contribution in [2.24, 2.45) is 0 Å². The maximum Gasteiger partial charge on any atom is 0.144 e. The molecule has 0 aliphatic rings. The summed E-state index contributed by atoms with van der Waals surface area (Å²) >= 11 is 0. The zero-order valence-electron chi connectivity index (χ0n) is 17.5. The maximum atomic E-state index is 9.63. The number of hydrogen-bond donors (Lipinski definition) is 0. The Hall–Kier alpha value is -1.65. The molecule has 2 rings (SSSR count). The molecule has 0 bridgehead atoms. The first-order valence-electron chi connectivity index (χ1n) is 8.38. The summed E-state index contributed by atoms with van der Waals surface area (Å²) in [4.78, 5) is 0. The summed E-state index contributed by atoms with van der Waals surface area (Å²) in [6, 6.07) is 22.3. The van der Waals surface area contributed by atoms with Crippen molar-refractivity contribution in [1.82, 2.24) is 0 Å². The Kier molecular flexibility index (Phi) is 33.9. The maximum absolute atomic E-state index is 9.63. The summed E-state index contributed by atoms with van der Waals surface area (Å²) in [6.45, 7) is 10.1. The van der Waals surface area contributed by atoms with Crippen molar-refractivity contribution in [2.75, 3.05) is 26.7 Å². The van der Waals surface area contributed by atoms with E-state index in [2.05, 4.69) is 23.8 Å². The average molecular weight is 371 g/mol. The summed E-state index contributed by atoms with van der Waals surface area (Å²) in [5, 5.41) is 0. The first-order chi connectivity index (χ1) is 11.8. The zero-order valence-corrected chi connectivity index (χ0v) is 18.3. The molecule has 0 radical (unpaired) electrons. The van der Waals surface area contributed by atoms with Crippen LogP contribution < -0.4 is 0 Å². The molecule has 0 fully saturated rings. The molecule has 0 aromatic heterocycles. The molecule has 0 amide bonds. The topological polar surface area (TPSA) is 43.4 Å². The smallest absolute Gasteiger partial charge is 0.144 e. The molecule has 0 atom stereocenters. The summed E-state index contributed by atoms with van der Waals surface area (Å²) in [5.41, 5.74) is 1.32. The molecule has 0 heterocycles. The fourth-order valence-corrected chi connectivity index (χ4v) is 0.919. The highest BCUT2D eigenvalue weighted by Gasteiger charge is 1.79. The molecule has 0 N–H and O–H groups in total. The van der Waals surface area contributed by atoms with Crippen LogP contribution in [0.3, 0.4) is 0 Å². The summed E-state index contributed by atoms with van der Waals surface area (Å²) in [6.07, 6.45) is 2.32. The Labute approximate surface area is 157 Å². The van der Waals surface area contributed by atoms with Crippen LogP contribution in [-0.4, -0.2) is 35.1 Å². The Balaban J connectivity index is -0.000000114. The molecule has 0 unspecified atom stereocenters. The van der Waals surface area contributed by atoms with Crippen LogP contribution in [0.25, 0.3) is 0 Å². The van der Waals surface area contributed by atoms with Crippen LogP contribution in [0.5, 0.6) is 0 Å². The predicted molar refractivity (Wildman–Crippen MR) is 114 cm³/mol. The number of rotatable bonds is 0. The van der Waals surface area contributed by atoms with Crippen LogP contribution in [-0.2, 0) is 14.6 Å². The lowest BCUT2D eigenvalue weighted by molar-refractivity contribution is 0.277. The molecular weight excluding hydrogens is 332 g/mol. The number of sulfone groups is 1. The van der Waals surface area contributed by atoms with Gasteiger partial charge in [0.1, 0.15) is 9.84 Å². The summed E-state index contributed by atoms with van der Waals surface area (Å²) < 4.78 is 23.5. The highest BCUT2D eigenvalue weighted by Crippen LogP contribution is 1.92. The zero-order chi connectivity index (χ0) is 20.6. The van der Waals surface area contributed by atoms with Crippen LogP contribution in [0.15, 0.2) is 66.7 Å². The number of hydrogen-bond acceptors (Lipinski definition) is 3. The van der Waals surface area contributed by atoms with Crippen LogP contribution in [0, 0.1) is 6.92 Å².